The summed E-state index contributed by atoms with van der Waals surface area (Å²) in [6.45, 7) is 4.65. The lowest BCUT2D eigenvalue weighted by molar-refractivity contribution is -0.870. The Bertz CT molecular complexity index is 1660. The van der Waals surface area contributed by atoms with E-state index >= 15 is 0 Å². The van der Waals surface area contributed by atoms with Crippen LogP contribution in [0.25, 0.3) is 0 Å². The molecule has 3 unspecified atom stereocenters. The second-order valence-electron chi connectivity index (χ2n) is 25.9. The van der Waals surface area contributed by atoms with Crippen LogP contribution < -0.4 is 10.2 Å². The largest absolute Gasteiger partial charge is 0.756 e. The van der Waals surface area contributed by atoms with E-state index in [1.165, 1.54) is 231 Å². The fraction of sp³-hybridized carbons (Fsp3) is 0.803. The molecule has 3 atom stereocenters. The Morgan fingerprint density at radius 3 is 1.05 bits per heavy atom. The van der Waals surface area contributed by atoms with Crippen molar-refractivity contribution in [2.45, 2.75) is 353 Å². The summed E-state index contributed by atoms with van der Waals surface area (Å²) in [4.78, 5) is 25.7. The fourth-order valence-corrected chi connectivity index (χ4v) is 11.5. The smallest absolute Gasteiger partial charge is 0.268 e. The molecule has 0 bridgehead atoms. The van der Waals surface area contributed by atoms with Gasteiger partial charge in [0.15, 0.2) is 0 Å². The van der Waals surface area contributed by atoms with Crippen LogP contribution in [0, 0.1) is 0 Å². The van der Waals surface area contributed by atoms with Gasteiger partial charge in [0.05, 0.1) is 39.9 Å². The minimum atomic E-state index is -4.59. The summed E-state index contributed by atoms with van der Waals surface area (Å²) in [6, 6.07) is -0.807. The molecule has 85 heavy (non-hydrogen) atoms. The highest BCUT2D eigenvalue weighted by molar-refractivity contribution is 7.45. The van der Waals surface area contributed by atoms with Gasteiger partial charge in [-0.1, -0.05) is 349 Å². The van der Waals surface area contributed by atoms with E-state index < -0.39 is 20.0 Å². The van der Waals surface area contributed by atoms with Crippen molar-refractivity contribution < 1.29 is 32.9 Å². The highest BCUT2D eigenvalue weighted by Crippen LogP contribution is 2.38. The summed E-state index contributed by atoms with van der Waals surface area (Å²) in [5, 5.41) is 14.1. The molecule has 1 amide bonds. The number of allylic oxidation sites excluding steroid dienone is 14. The Balaban J connectivity index is 4.03. The number of phosphoric ester groups is 1. The third-order valence-corrected chi connectivity index (χ3v) is 17.4. The van der Waals surface area contributed by atoms with Crippen LogP contribution in [0.15, 0.2) is 85.1 Å². The van der Waals surface area contributed by atoms with E-state index in [1.54, 1.807) is 0 Å². The van der Waals surface area contributed by atoms with E-state index in [4.69, 9.17) is 9.05 Å². The number of quaternary nitrogens is 1. The average molecular weight is 1210 g/mol. The highest BCUT2D eigenvalue weighted by Gasteiger charge is 2.24. The molecule has 9 heteroatoms. The number of hydrogen-bond donors (Lipinski definition) is 2. The third kappa shape index (κ3) is 69.0. The van der Waals surface area contributed by atoms with Gasteiger partial charge in [0.25, 0.3) is 7.82 Å². The number of nitrogens with zero attached hydrogens (tertiary/aromatic N) is 1. The van der Waals surface area contributed by atoms with Crippen molar-refractivity contribution in [1.82, 2.24) is 5.32 Å². The van der Waals surface area contributed by atoms with Crippen molar-refractivity contribution in [2.24, 2.45) is 0 Å². The van der Waals surface area contributed by atoms with Crippen LogP contribution in [-0.4, -0.2) is 68.5 Å². The number of phosphoric acid groups is 1. The predicted molar refractivity (Wildman–Crippen MR) is 371 cm³/mol. The third-order valence-electron chi connectivity index (χ3n) is 16.4. The lowest BCUT2D eigenvalue weighted by Gasteiger charge is -2.30. The number of carbonyl (C=O) groups excluding carboxylic acids is 1. The van der Waals surface area contributed by atoms with E-state index in [9.17, 15) is 19.4 Å². The van der Waals surface area contributed by atoms with Crippen molar-refractivity contribution in [3.63, 3.8) is 0 Å². The maximum absolute atomic E-state index is 13.1. The molecule has 0 aliphatic rings. The molecule has 0 heterocycles. The summed E-state index contributed by atoms with van der Waals surface area (Å²) < 4.78 is 23.6. The van der Waals surface area contributed by atoms with Crippen molar-refractivity contribution in [1.29, 1.82) is 0 Å². The van der Waals surface area contributed by atoms with E-state index in [2.05, 4.69) is 104 Å². The minimum absolute atomic E-state index is 0.0102. The molecule has 0 saturated heterocycles. The Morgan fingerprint density at radius 2 is 0.718 bits per heavy atom. The molecule has 0 aromatic carbocycles. The second kappa shape index (κ2) is 66.1. The first-order valence-corrected chi connectivity index (χ1v) is 37.9. The molecular formula is C76H141N2O6P. The average Bonchev–Trinajstić information content (AvgIpc) is 3.48. The quantitative estimate of drug-likeness (QED) is 0.0272. The Kier molecular flexibility index (Phi) is 64.3. The number of rotatable bonds is 67. The van der Waals surface area contributed by atoms with Crippen LogP contribution in [0.1, 0.15) is 341 Å². The normalized spacial score (nSPS) is 14.1. The van der Waals surface area contributed by atoms with Crippen molar-refractivity contribution in [2.75, 3.05) is 40.9 Å². The monoisotopic (exact) mass is 1210 g/mol. The van der Waals surface area contributed by atoms with Gasteiger partial charge in [-0.15, -0.1) is 0 Å². The first-order chi connectivity index (χ1) is 41.5. The zero-order chi connectivity index (χ0) is 61.9. The van der Waals surface area contributed by atoms with Crippen LogP contribution in [0.5, 0.6) is 0 Å². The first kappa shape index (κ1) is 82.7. The van der Waals surface area contributed by atoms with Gasteiger partial charge >= 0.3 is 0 Å². The zero-order valence-corrected chi connectivity index (χ0v) is 57.7. The van der Waals surface area contributed by atoms with E-state index in [0.717, 1.165) is 83.5 Å². The number of aliphatic hydroxyl groups is 1. The maximum Gasteiger partial charge on any atom is 0.268 e. The van der Waals surface area contributed by atoms with Crippen molar-refractivity contribution in [3.8, 4) is 0 Å². The van der Waals surface area contributed by atoms with Gasteiger partial charge < -0.3 is 28.8 Å². The molecule has 0 aromatic rings. The number of nitrogens with one attached hydrogen (secondary N) is 1. The van der Waals surface area contributed by atoms with Crippen LogP contribution in [0.3, 0.4) is 0 Å². The van der Waals surface area contributed by atoms with Gasteiger partial charge in [-0.3, -0.25) is 9.36 Å². The van der Waals surface area contributed by atoms with E-state index in [1.807, 2.05) is 21.1 Å². The number of likely N-dealkylation sites (N-methyl/N-ethyl adjacent to an activating group) is 1. The van der Waals surface area contributed by atoms with E-state index in [0.29, 0.717) is 23.9 Å². The molecule has 0 aliphatic carbocycles. The maximum atomic E-state index is 13.1. The molecule has 0 spiro atoms. The number of amides is 1. The number of aliphatic hydroxyl groups excluding tert-OH is 1. The summed E-state index contributed by atoms with van der Waals surface area (Å²) in [5.74, 6) is -0.164. The van der Waals surface area contributed by atoms with Crippen LogP contribution in [-0.2, 0) is 18.4 Å². The Labute approximate surface area is 528 Å². The molecule has 0 fully saturated rings. The van der Waals surface area contributed by atoms with Crippen molar-refractivity contribution in [3.05, 3.63) is 85.1 Å². The predicted octanol–water partition coefficient (Wildman–Crippen LogP) is 22.9. The molecule has 0 aliphatic heterocycles. The lowest BCUT2D eigenvalue weighted by Crippen LogP contribution is -2.46. The van der Waals surface area contributed by atoms with Gasteiger partial charge in [0.1, 0.15) is 13.2 Å². The molecule has 0 radical (unpaired) electrons. The Hall–Kier alpha value is -2.32. The molecule has 0 rings (SSSR count). The second-order valence-corrected chi connectivity index (χ2v) is 27.3. The highest BCUT2D eigenvalue weighted by atomic mass is 31.2. The van der Waals surface area contributed by atoms with Gasteiger partial charge in [0.2, 0.25) is 5.91 Å². The SMILES string of the molecule is CC/C=C\C/C=C\C/C=C\C/C=C\C/C=C\C/C=C\C/C=C\CCCCCCCCCCCCCCCC(=O)NC(COP(=O)([O-])OCC[N+](C)(C)C)C(O)CCCCCCCCCCCCCCCCCCCCCCCCCCCCCC. The van der Waals surface area contributed by atoms with Gasteiger partial charge in [0, 0.05) is 6.42 Å². The van der Waals surface area contributed by atoms with Crippen LogP contribution in [0.4, 0.5) is 0 Å². The molecular weight excluding hydrogens is 1070 g/mol. The van der Waals surface area contributed by atoms with Crippen LogP contribution >= 0.6 is 7.82 Å². The number of carbonyl (C=O) groups is 1. The standard InChI is InChI=1S/C76H141N2O6P/c1-6-8-10-12-14-16-18-20-22-24-26-28-30-32-34-36-37-38-39-40-41-42-44-46-48-50-52-54-56-58-60-62-64-66-68-70-76(80)77-74(73-84-85(81,82)83-72-71-78(3,4)5)75(79)69-67-65-63-61-59-57-55-53-51-49-47-45-43-35-33-31-29-27-25-23-21-19-17-15-13-11-9-7-2/h8,10,14,16,20,22,26,28,32,34,37-38,40-41,74-75,79H,6-7,9,11-13,15,17-19,21,23-25,27,29-31,33,35-36,39,42-73H2,1-5H3,(H-,77,80,81,82)/b10-8-,16-14-,22-20-,28-26-,34-32-,38-37-,41-40-. The molecule has 2 N–H and O–H groups in total. The molecule has 0 aromatic heterocycles. The first-order valence-electron chi connectivity index (χ1n) is 36.4. The summed E-state index contributed by atoms with van der Waals surface area (Å²) >= 11 is 0. The summed E-state index contributed by atoms with van der Waals surface area (Å²) in [5.41, 5.74) is 0. The zero-order valence-electron chi connectivity index (χ0n) is 56.8. The Morgan fingerprint density at radius 1 is 0.424 bits per heavy atom. The van der Waals surface area contributed by atoms with E-state index in [-0.39, 0.29) is 19.1 Å². The molecule has 496 valence electrons. The van der Waals surface area contributed by atoms with Gasteiger partial charge in [-0.05, 0) is 70.6 Å². The minimum Gasteiger partial charge on any atom is -0.756 e. The lowest BCUT2D eigenvalue weighted by atomic mass is 10.0. The van der Waals surface area contributed by atoms with Crippen molar-refractivity contribution >= 4 is 13.7 Å². The topological polar surface area (TPSA) is 108 Å². The fourth-order valence-electron chi connectivity index (χ4n) is 10.8. The van der Waals surface area contributed by atoms with Gasteiger partial charge in [-0.2, -0.15) is 0 Å². The number of unbranched alkanes of at least 4 members (excludes halogenated alkanes) is 40. The molecule has 0 saturated carbocycles. The van der Waals surface area contributed by atoms with Crippen LogP contribution in [0.2, 0.25) is 0 Å². The molecule has 8 nitrogen and oxygen atoms in total. The summed E-state index contributed by atoms with van der Waals surface area (Å²) in [6.07, 6.45) is 93.8. The number of hydrogen-bond acceptors (Lipinski definition) is 6. The van der Waals surface area contributed by atoms with Gasteiger partial charge in [-0.25, -0.2) is 0 Å². The summed E-state index contributed by atoms with van der Waals surface area (Å²) in [7, 11) is 1.31.